The van der Waals surface area contributed by atoms with Crippen LogP contribution in [0.3, 0.4) is 0 Å². The van der Waals surface area contributed by atoms with Gasteiger partial charge in [-0.15, -0.1) is 0 Å². The van der Waals surface area contributed by atoms with Crippen LogP contribution < -0.4 is 0 Å². The summed E-state index contributed by atoms with van der Waals surface area (Å²) in [7, 11) is 0. The summed E-state index contributed by atoms with van der Waals surface area (Å²) in [6.07, 6.45) is 6.22. The van der Waals surface area contributed by atoms with Crippen LogP contribution in [0.15, 0.2) is 72.9 Å². The predicted octanol–water partition coefficient (Wildman–Crippen LogP) is 2.92. The fraction of sp³-hybridized carbons (Fsp3) is 0.250. The van der Waals surface area contributed by atoms with Crippen LogP contribution in [0, 0.1) is 0 Å². The van der Waals surface area contributed by atoms with Crippen LogP contribution in [-0.2, 0) is 16.1 Å². The van der Waals surface area contributed by atoms with Crippen LogP contribution in [0.2, 0.25) is 0 Å². The Hall–Kier alpha value is -2.95. The van der Waals surface area contributed by atoms with E-state index in [4.69, 9.17) is 0 Å². The zero-order valence-electron chi connectivity index (χ0n) is 14.7. The van der Waals surface area contributed by atoms with Gasteiger partial charge in [-0.3, -0.25) is 14.5 Å². The molecule has 2 amide bonds. The van der Waals surface area contributed by atoms with Crippen molar-refractivity contribution in [2.75, 3.05) is 6.54 Å². The lowest BCUT2D eigenvalue weighted by Gasteiger charge is -2.45. The maximum atomic E-state index is 13.0. The monoisotopic (exact) mass is 337 g/mol. The Labute approximate surface area is 148 Å². The minimum absolute atomic E-state index is 0.0537. The van der Waals surface area contributed by atoms with Gasteiger partial charge in [-0.25, -0.2) is 4.99 Å². The number of hydrogen-bond donors (Lipinski definition) is 0. The number of amides is 2. The van der Waals surface area contributed by atoms with Gasteiger partial charge in [-0.2, -0.15) is 0 Å². The van der Waals surface area contributed by atoms with Crippen molar-refractivity contribution in [2.24, 2.45) is 4.99 Å². The Morgan fingerprint density at radius 2 is 1.92 bits per heavy atom. The van der Waals surface area contributed by atoms with E-state index in [1.54, 1.807) is 30.9 Å². The van der Waals surface area contributed by atoms with Gasteiger partial charge in [0, 0.05) is 12.7 Å². The minimum atomic E-state index is -0.975. The Balaban J connectivity index is 2.29. The van der Waals surface area contributed by atoms with Crippen LogP contribution in [0.1, 0.15) is 19.4 Å². The molecule has 1 aromatic carbocycles. The summed E-state index contributed by atoms with van der Waals surface area (Å²) in [6, 6.07) is 9.63. The number of allylic oxidation sites excluding steroid dienone is 2. The van der Waals surface area contributed by atoms with Crippen molar-refractivity contribution in [3.8, 4) is 0 Å². The number of nitrogens with zero attached hydrogens (tertiary/aromatic N) is 3. The van der Waals surface area contributed by atoms with Gasteiger partial charge >= 0.3 is 0 Å². The molecule has 130 valence electrons. The lowest BCUT2D eigenvalue weighted by Crippen LogP contribution is -2.66. The molecular weight excluding hydrogens is 314 g/mol. The normalized spacial score (nSPS) is 17.9. The fourth-order valence-corrected chi connectivity index (χ4v) is 2.70. The standard InChI is InChI=1S/C20H23N3O2/c1-5-7-13-21-17(6-2)22-15-18(24)23(20(3,4)19(22)25)14-16-11-9-8-10-12-16/h5-13H,1-2,14-15H2,3-4H3/b13-7-,21-17+. The number of carbonyl (C=O) groups is 2. The van der Waals surface area contributed by atoms with E-state index in [-0.39, 0.29) is 18.4 Å². The lowest BCUT2D eigenvalue weighted by molar-refractivity contribution is -0.159. The molecule has 0 saturated carbocycles. The minimum Gasteiger partial charge on any atom is -0.323 e. The molecular formula is C20H23N3O2. The number of rotatable bonds is 5. The number of benzene rings is 1. The molecule has 0 bridgehead atoms. The molecule has 2 rings (SSSR count). The number of carbonyl (C=O) groups excluding carboxylic acids is 2. The quantitative estimate of drug-likeness (QED) is 0.471. The second-order valence-electron chi connectivity index (χ2n) is 6.18. The van der Waals surface area contributed by atoms with Gasteiger partial charge in [0.15, 0.2) is 0 Å². The van der Waals surface area contributed by atoms with Gasteiger partial charge in [0.2, 0.25) is 5.91 Å². The van der Waals surface area contributed by atoms with Gasteiger partial charge in [-0.1, -0.05) is 49.6 Å². The molecule has 0 spiro atoms. The summed E-state index contributed by atoms with van der Waals surface area (Å²) >= 11 is 0. The Morgan fingerprint density at radius 3 is 2.52 bits per heavy atom. The third kappa shape index (κ3) is 3.94. The summed E-state index contributed by atoms with van der Waals surface area (Å²) in [4.78, 5) is 32.9. The molecule has 1 heterocycles. The Bertz CT molecular complexity index is 733. The molecule has 1 aliphatic heterocycles. The first-order valence-corrected chi connectivity index (χ1v) is 8.06. The maximum Gasteiger partial charge on any atom is 0.254 e. The zero-order valence-corrected chi connectivity index (χ0v) is 14.7. The molecule has 5 nitrogen and oxygen atoms in total. The van der Waals surface area contributed by atoms with E-state index in [0.29, 0.717) is 12.4 Å². The van der Waals surface area contributed by atoms with E-state index in [1.165, 1.54) is 17.2 Å². The summed E-state index contributed by atoms with van der Waals surface area (Å²) in [5.41, 5.74) is 0.00796. The van der Waals surface area contributed by atoms with Crippen LogP contribution in [0.5, 0.6) is 0 Å². The van der Waals surface area contributed by atoms with Crippen molar-refractivity contribution in [2.45, 2.75) is 25.9 Å². The third-order valence-corrected chi connectivity index (χ3v) is 4.11. The van der Waals surface area contributed by atoms with Gasteiger partial charge in [0.25, 0.3) is 5.91 Å². The lowest BCUT2D eigenvalue weighted by atomic mass is 9.96. The van der Waals surface area contributed by atoms with Crippen molar-refractivity contribution >= 4 is 17.6 Å². The smallest absolute Gasteiger partial charge is 0.254 e. The molecule has 5 heteroatoms. The predicted molar refractivity (Wildman–Crippen MR) is 99.8 cm³/mol. The van der Waals surface area contributed by atoms with Crippen molar-refractivity contribution in [1.82, 2.24) is 9.80 Å². The van der Waals surface area contributed by atoms with Crippen molar-refractivity contribution in [3.05, 3.63) is 73.5 Å². The van der Waals surface area contributed by atoms with Crippen LogP contribution in [-0.4, -0.2) is 39.5 Å². The molecule has 0 aromatic heterocycles. The van der Waals surface area contributed by atoms with Crippen LogP contribution in [0.25, 0.3) is 0 Å². The zero-order chi connectivity index (χ0) is 18.4. The molecule has 1 aliphatic rings. The second-order valence-corrected chi connectivity index (χ2v) is 6.18. The van der Waals surface area contributed by atoms with Gasteiger partial charge in [-0.05, 0) is 31.6 Å². The largest absolute Gasteiger partial charge is 0.323 e. The summed E-state index contributed by atoms with van der Waals surface area (Å²) < 4.78 is 0. The molecule has 0 atom stereocenters. The highest BCUT2D eigenvalue weighted by molar-refractivity contribution is 6.11. The highest BCUT2D eigenvalue weighted by atomic mass is 16.2. The molecule has 0 radical (unpaired) electrons. The highest BCUT2D eigenvalue weighted by Crippen LogP contribution is 2.26. The number of hydrogen-bond acceptors (Lipinski definition) is 3. The Morgan fingerprint density at radius 1 is 1.24 bits per heavy atom. The number of piperazine rings is 1. The highest BCUT2D eigenvalue weighted by Gasteiger charge is 2.46. The van der Waals surface area contributed by atoms with E-state index in [9.17, 15) is 9.59 Å². The van der Waals surface area contributed by atoms with E-state index in [2.05, 4.69) is 18.2 Å². The first-order chi connectivity index (χ1) is 11.9. The molecule has 1 fully saturated rings. The van der Waals surface area contributed by atoms with Crippen molar-refractivity contribution in [3.63, 3.8) is 0 Å². The molecule has 25 heavy (non-hydrogen) atoms. The van der Waals surface area contributed by atoms with E-state index >= 15 is 0 Å². The molecule has 0 unspecified atom stereocenters. The SMILES string of the molecule is C=C/C=C\N=C(/C=C)N1CC(=O)N(Cc2ccccc2)C(C)(C)C1=O. The summed E-state index contributed by atoms with van der Waals surface area (Å²) in [6.45, 7) is 11.1. The average molecular weight is 337 g/mol. The van der Waals surface area contributed by atoms with Crippen molar-refractivity contribution in [1.29, 1.82) is 0 Å². The first kappa shape index (κ1) is 18.4. The maximum absolute atomic E-state index is 13.0. The molecule has 1 saturated heterocycles. The molecule has 0 aliphatic carbocycles. The van der Waals surface area contributed by atoms with Gasteiger partial charge in [0.05, 0.1) is 0 Å². The topological polar surface area (TPSA) is 53.0 Å². The summed E-state index contributed by atoms with van der Waals surface area (Å²) in [5, 5.41) is 0. The third-order valence-electron chi connectivity index (χ3n) is 4.11. The average Bonchev–Trinajstić information content (AvgIpc) is 2.60. The second kappa shape index (κ2) is 7.75. The van der Waals surface area contributed by atoms with E-state index in [1.807, 2.05) is 30.3 Å². The molecule has 1 aromatic rings. The first-order valence-electron chi connectivity index (χ1n) is 8.06. The van der Waals surface area contributed by atoms with Gasteiger partial charge in [0.1, 0.15) is 17.9 Å². The van der Waals surface area contributed by atoms with Crippen LogP contribution >= 0.6 is 0 Å². The Kier molecular flexibility index (Phi) is 5.70. The van der Waals surface area contributed by atoms with E-state index in [0.717, 1.165) is 5.56 Å². The van der Waals surface area contributed by atoms with Crippen molar-refractivity contribution < 1.29 is 9.59 Å². The fourth-order valence-electron chi connectivity index (χ4n) is 2.70. The van der Waals surface area contributed by atoms with E-state index < -0.39 is 5.54 Å². The van der Waals surface area contributed by atoms with Gasteiger partial charge < -0.3 is 4.90 Å². The number of aliphatic imine (C=N–C) groups is 1. The van der Waals surface area contributed by atoms with Crippen LogP contribution in [0.4, 0.5) is 0 Å². The summed E-state index contributed by atoms with van der Waals surface area (Å²) in [5.74, 6) is 0.0354. The number of amidine groups is 1. The molecule has 0 N–H and O–H groups in total.